The molecule has 0 saturated carbocycles. The molecule has 1 atom stereocenters. The minimum Gasteiger partial charge on any atom is -0.312 e. The Hall–Kier alpha value is -1.06. The standard InChI is InChI=1S/C12H20N2O2/c1-2-3-8-14-11(15)10-7-5-4-6-9-13(10)12(14)16/h10H,2-9H2,1H3. The quantitative estimate of drug-likeness (QED) is 0.688. The largest absolute Gasteiger partial charge is 0.327 e. The van der Waals surface area contributed by atoms with Crippen molar-refractivity contribution in [3.05, 3.63) is 0 Å². The van der Waals surface area contributed by atoms with Gasteiger partial charge in [-0.2, -0.15) is 0 Å². The summed E-state index contributed by atoms with van der Waals surface area (Å²) in [7, 11) is 0. The maximum atomic E-state index is 12.1. The molecule has 16 heavy (non-hydrogen) atoms. The van der Waals surface area contributed by atoms with Crippen LogP contribution in [0.1, 0.15) is 45.4 Å². The smallest absolute Gasteiger partial charge is 0.312 e. The molecule has 2 saturated heterocycles. The summed E-state index contributed by atoms with van der Waals surface area (Å²) in [6, 6.07) is -0.197. The van der Waals surface area contributed by atoms with Crippen molar-refractivity contribution in [1.82, 2.24) is 9.80 Å². The zero-order chi connectivity index (χ0) is 11.5. The van der Waals surface area contributed by atoms with Crippen molar-refractivity contribution in [2.24, 2.45) is 0 Å². The fraction of sp³-hybridized carbons (Fsp3) is 0.833. The van der Waals surface area contributed by atoms with Gasteiger partial charge in [0.2, 0.25) is 0 Å². The molecule has 0 aromatic heterocycles. The summed E-state index contributed by atoms with van der Waals surface area (Å²) in [5.41, 5.74) is 0. The number of rotatable bonds is 3. The van der Waals surface area contributed by atoms with Gasteiger partial charge in [0.25, 0.3) is 5.91 Å². The fourth-order valence-corrected chi connectivity index (χ4v) is 2.55. The van der Waals surface area contributed by atoms with Crippen molar-refractivity contribution in [3.8, 4) is 0 Å². The Balaban J connectivity index is 2.08. The van der Waals surface area contributed by atoms with E-state index in [9.17, 15) is 9.59 Å². The molecule has 0 spiro atoms. The van der Waals surface area contributed by atoms with Crippen LogP contribution in [0.15, 0.2) is 0 Å². The van der Waals surface area contributed by atoms with Crippen molar-refractivity contribution in [2.45, 2.75) is 51.5 Å². The van der Waals surface area contributed by atoms with Crippen LogP contribution >= 0.6 is 0 Å². The van der Waals surface area contributed by atoms with Crippen molar-refractivity contribution >= 4 is 11.9 Å². The Morgan fingerprint density at radius 3 is 2.81 bits per heavy atom. The first-order chi connectivity index (χ1) is 7.75. The second-order valence-electron chi connectivity index (χ2n) is 4.68. The van der Waals surface area contributed by atoms with Gasteiger partial charge in [-0.3, -0.25) is 9.69 Å². The maximum absolute atomic E-state index is 12.1. The topological polar surface area (TPSA) is 40.6 Å². The van der Waals surface area contributed by atoms with Crippen molar-refractivity contribution < 1.29 is 9.59 Å². The summed E-state index contributed by atoms with van der Waals surface area (Å²) in [5, 5.41) is 0. The third kappa shape index (κ3) is 1.93. The van der Waals surface area contributed by atoms with E-state index in [1.54, 1.807) is 4.90 Å². The molecular weight excluding hydrogens is 204 g/mol. The summed E-state index contributed by atoms with van der Waals surface area (Å²) in [6.45, 7) is 3.43. The minimum atomic E-state index is -0.146. The van der Waals surface area contributed by atoms with Gasteiger partial charge in [-0.05, 0) is 19.3 Å². The molecule has 4 nitrogen and oxygen atoms in total. The lowest BCUT2D eigenvalue weighted by atomic mass is 10.1. The van der Waals surface area contributed by atoms with Crippen LogP contribution in [0.25, 0.3) is 0 Å². The van der Waals surface area contributed by atoms with Crippen LogP contribution < -0.4 is 0 Å². The predicted octanol–water partition coefficient (Wildman–Crippen LogP) is 1.99. The van der Waals surface area contributed by atoms with E-state index in [1.165, 1.54) is 4.90 Å². The molecule has 1 unspecified atom stereocenters. The molecule has 2 rings (SSSR count). The molecule has 0 aromatic rings. The van der Waals surface area contributed by atoms with E-state index in [2.05, 4.69) is 6.92 Å². The lowest BCUT2D eigenvalue weighted by Gasteiger charge is -2.18. The average molecular weight is 224 g/mol. The highest BCUT2D eigenvalue weighted by Crippen LogP contribution is 2.26. The number of carbonyl (C=O) groups excluding carboxylic acids is 2. The molecular formula is C12H20N2O2. The molecule has 0 bridgehead atoms. The molecule has 2 heterocycles. The number of hydrogen-bond donors (Lipinski definition) is 0. The number of carbonyl (C=O) groups is 2. The predicted molar refractivity (Wildman–Crippen MR) is 61.0 cm³/mol. The SMILES string of the molecule is CCCCN1C(=O)C2CCCCCN2C1=O. The molecule has 3 amide bonds. The van der Waals surface area contributed by atoms with E-state index in [0.29, 0.717) is 6.54 Å². The number of hydrogen-bond acceptors (Lipinski definition) is 2. The first-order valence-corrected chi connectivity index (χ1v) is 6.37. The summed E-state index contributed by atoms with van der Waals surface area (Å²) in [5.74, 6) is 0.0420. The van der Waals surface area contributed by atoms with E-state index in [0.717, 1.165) is 45.1 Å². The molecule has 90 valence electrons. The normalized spacial score (nSPS) is 25.9. The summed E-state index contributed by atoms with van der Waals surface area (Å²) in [4.78, 5) is 27.4. The Morgan fingerprint density at radius 1 is 1.25 bits per heavy atom. The second kappa shape index (κ2) is 4.85. The van der Waals surface area contributed by atoms with Gasteiger partial charge in [0, 0.05) is 13.1 Å². The van der Waals surface area contributed by atoms with Crippen LogP contribution in [0.3, 0.4) is 0 Å². The molecule has 0 aromatic carbocycles. The van der Waals surface area contributed by atoms with Crippen LogP contribution in [0.2, 0.25) is 0 Å². The van der Waals surface area contributed by atoms with Gasteiger partial charge in [0.1, 0.15) is 6.04 Å². The van der Waals surface area contributed by atoms with Gasteiger partial charge in [0.15, 0.2) is 0 Å². The minimum absolute atomic E-state index is 0.0420. The van der Waals surface area contributed by atoms with Crippen LogP contribution in [0.5, 0.6) is 0 Å². The van der Waals surface area contributed by atoms with Crippen molar-refractivity contribution in [3.63, 3.8) is 0 Å². The maximum Gasteiger partial charge on any atom is 0.327 e. The lowest BCUT2D eigenvalue weighted by molar-refractivity contribution is -0.128. The highest BCUT2D eigenvalue weighted by atomic mass is 16.2. The Kier molecular flexibility index (Phi) is 3.46. The van der Waals surface area contributed by atoms with Gasteiger partial charge in [-0.15, -0.1) is 0 Å². The molecule has 2 aliphatic rings. The van der Waals surface area contributed by atoms with Crippen LogP contribution in [-0.2, 0) is 4.79 Å². The Labute approximate surface area is 96.6 Å². The third-order valence-electron chi connectivity index (χ3n) is 3.52. The number of amides is 3. The summed E-state index contributed by atoms with van der Waals surface area (Å²) < 4.78 is 0. The van der Waals surface area contributed by atoms with E-state index in [1.807, 2.05) is 0 Å². The summed E-state index contributed by atoms with van der Waals surface area (Å²) >= 11 is 0. The highest BCUT2D eigenvalue weighted by molar-refractivity contribution is 6.04. The zero-order valence-corrected chi connectivity index (χ0v) is 9.95. The zero-order valence-electron chi connectivity index (χ0n) is 9.95. The first kappa shape index (κ1) is 11.4. The van der Waals surface area contributed by atoms with Gasteiger partial charge in [0.05, 0.1) is 0 Å². The molecule has 0 N–H and O–H groups in total. The number of fused-ring (bicyclic) bond motifs is 1. The van der Waals surface area contributed by atoms with E-state index < -0.39 is 0 Å². The highest BCUT2D eigenvalue weighted by Gasteiger charge is 2.44. The molecule has 2 fully saturated rings. The summed E-state index contributed by atoms with van der Waals surface area (Å²) in [6.07, 6.45) is 6.04. The first-order valence-electron chi connectivity index (χ1n) is 6.37. The van der Waals surface area contributed by atoms with Gasteiger partial charge in [-0.1, -0.05) is 26.2 Å². The molecule has 0 aliphatic carbocycles. The van der Waals surface area contributed by atoms with Crippen LogP contribution in [0.4, 0.5) is 4.79 Å². The number of urea groups is 1. The number of imide groups is 1. The van der Waals surface area contributed by atoms with E-state index >= 15 is 0 Å². The van der Waals surface area contributed by atoms with Gasteiger partial charge < -0.3 is 4.90 Å². The van der Waals surface area contributed by atoms with Crippen molar-refractivity contribution in [1.29, 1.82) is 0 Å². The third-order valence-corrected chi connectivity index (χ3v) is 3.52. The van der Waals surface area contributed by atoms with E-state index in [-0.39, 0.29) is 18.0 Å². The lowest BCUT2D eigenvalue weighted by Crippen LogP contribution is -2.34. The van der Waals surface area contributed by atoms with Crippen molar-refractivity contribution in [2.75, 3.05) is 13.1 Å². The number of unbranched alkanes of at least 4 members (excludes halogenated alkanes) is 1. The van der Waals surface area contributed by atoms with Crippen LogP contribution in [-0.4, -0.2) is 40.9 Å². The Bertz CT molecular complexity index is 267. The van der Waals surface area contributed by atoms with Crippen LogP contribution in [0, 0.1) is 0 Å². The molecule has 2 aliphatic heterocycles. The van der Waals surface area contributed by atoms with Gasteiger partial charge >= 0.3 is 6.03 Å². The second-order valence-corrected chi connectivity index (χ2v) is 4.68. The number of nitrogens with zero attached hydrogens (tertiary/aromatic N) is 2. The average Bonchev–Trinajstić information content (AvgIpc) is 2.51. The molecule has 4 heteroatoms. The van der Waals surface area contributed by atoms with Gasteiger partial charge in [-0.25, -0.2) is 4.79 Å². The monoisotopic (exact) mass is 224 g/mol. The Morgan fingerprint density at radius 2 is 2.06 bits per heavy atom. The molecule has 0 radical (unpaired) electrons. The van der Waals surface area contributed by atoms with E-state index in [4.69, 9.17) is 0 Å². The fourth-order valence-electron chi connectivity index (χ4n) is 2.55.